The molecule has 0 bridgehead atoms. The van der Waals surface area contributed by atoms with Gasteiger partial charge >= 0.3 is 6.18 Å². The van der Waals surface area contributed by atoms with Gasteiger partial charge in [0.2, 0.25) is 0 Å². The van der Waals surface area contributed by atoms with Crippen LogP contribution in [0, 0.1) is 0 Å². The summed E-state index contributed by atoms with van der Waals surface area (Å²) in [5, 5.41) is 0.648. The predicted octanol–water partition coefficient (Wildman–Crippen LogP) is 6.86. The molecule has 0 spiro atoms. The highest BCUT2D eigenvalue weighted by Gasteiger charge is 2.31. The van der Waals surface area contributed by atoms with Crippen LogP contribution in [0.4, 0.5) is 13.2 Å². The fourth-order valence-corrected chi connectivity index (χ4v) is 4.43. The molecule has 4 rings (SSSR count). The molecule has 0 unspecified atom stereocenters. The number of Topliss-reactive ketones (excluding diaryl/α,β-unsaturated/α-hetero) is 1. The summed E-state index contributed by atoms with van der Waals surface area (Å²) in [6, 6.07) is 22.5. The minimum absolute atomic E-state index is 0.0822. The number of aromatic nitrogens is 2. The quantitative estimate of drug-likeness (QED) is 0.166. The Kier molecular flexibility index (Phi) is 6.65. The maximum Gasteiger partial charge on any atom is 0.416 e. The van der Waals surface area contributed by atoms with Crippen LogP contribution < -0.4 is 0 Å². The molecular formula is C25H21F3N2OS. The van der Waals surface area contributed by atoms with Gasteiger partial charge in [-0.05, 0) is 30.2 Å². The number of fused-ring (bicyclic) bond motifs is 1. The summed E-state index contributed by atoms with van der Waals surface area (Å²) in [5.41, 5.74) is 1.99. The van der Waals surface area contributed by atoms with E-state index in [1.54, 1.807) is 12.1 Å². The van der Waals surface area contributed by atoms with Gasteiger partial charge in [0, 0.05) is 17.7 Å². The van der Waals surface area contributed by atoms with Gasteiger partial charge in [-0.15, -0.1) is 0 Å². The minimum atomic E-state index is -4.41. The Morgan fingerprint density at radius 3 is 2.31 bits per heavy atom. The zero-order valence-corrected chi connectivity index (χ0v) is 18.0. The number of carbonyl (C=O) groups is 1. The van der Waals surface area contributed by atoms with Crippen molar-refractivity contribution >= 4 is 28.6 Å². The molecule has 3 nitrogen and oxygen atoms in total. The maximum absolute atomic E-state index is 13.2. The molecule has 7 heteroatoms. The van der Waals surface area contributed by atoms with Crippen molar-refractivity contribution in [2.75, 3.05) is 5.75 Å². The van der Waals surface area contributed by atoms with E-state index in [4.69, 9.17) is 0 Å². The number of carbonyl (C=O) groups excluding carboxylic acids is 1. The van der Waals surface area contributed by atoms with Gasteiger partial charge in [-0.25, -0.2) is 4.98 Å². The third kappa shape index (κ3) is 5.22. The molecule has 164 valence electrons. The smallest absolute Gasteiger partial charge is 0.314 e. The van der Waals surface area contributed by atoms with Crippen molar-refractivity contribution in [3.05, 3.63) is 95.6 Å². The SMILES string of the molecule is O=C(CCCSc1nc2cc(C(F)(F)F)ccc2n1Cc1ccccc1)c1ccccc1. The summed E-state index contributed by atoms with van der Waals surface area (Å²) in [7, 11) is 0. The molecule has 0 N–H and O–H groups in total. The van der Waals surface area contributed by atoms with Crippen molar-refractivity contribution < 1.29 is 18.0 Å². The minimum Gasteiger partial charge on any atom is -0.314 e. The summed E-state index contributed by atoms with van der Waals surface area (Å²) in [5.74, 6) is 0.724. The normalized spacial score (nSPS) is 11.7. The lowest BCUT2D eigenvalue weighted by molar-refractivity contribution is -0.137. The molecule has 0 saturated heterocycles. The molecule has 3 aromatic carbocycles. The van der Waals surface area contributed by atoms with Crippen LogP contribution >= 0.6 is 11.8 Å². The van der Waals surface area contributed by atoms with Crippen molar-refractivity contribution in [1.82, 2.24) is 9.55 Å². The molecule has 0 aliphatic carbocycles. The van der Waals surface area contributed by atoms with Crippen LogP contribution in [-0.2, 0) is 12.7 Å². The van der Waals surface area contributed by atoms with E-state index in [0.29, 0.717) is 46.9 Å². The second kappa shape index (κ2) is 9.61. The molecule has 0 amide bonds. The Hall–Kier alpha value is -3.06. The molecule has 1 aromatic heterocycles. The molecule has 0 aliphatic heterocycles. The van der Waals surface area contributed by atoms with E-state index in [2.05, 4.69) is 4.98 Å². The van der Waals surface area contributed by atoms with E-state index in [1.807, 2.05) is 53.1 Å². The first-order valence-electron chi connectivity index (χ1n) is 10.2. The summed E-state index contributed by atoms with van der Waals surface area (Å²) in [4.78, 5) is 16.8. The topological polar surface area (TPSA) is 34.9 Å². The molecule has 0 radical (unpaired) electrons. The highest BCUT2D eigenvalue weighted by molar-refractivity contribution is 7.99. The van der Waals surface area contributed by atoms with Crippen LogP contribution in [0.25, 0.3) is 11.0 Å². The average Bonchev–Trinajstić information content (AvgIpc) is 3.14. The number of imidazole rings is 1. The molecule has 0 fully saturated rings. The number of rotatable bonds is 8. The lowest BCUT2D eigenvalue weighted by Gasteiger charge is -2.10. The van der Waals surface area contributed by atoms with E-state index in [1.165, 1.54) is 17.8 Å². The van der Waals surface area contributed by atoms with Gasteiger partial charge in [-0.3, -0.25) is 4.79 Å². The number of benzene rings is 3. The van der Waals surface area contributed by atoms with Crippen LogP contribution in [0.3, 0.4) is 0 Å². The number of hydrogen-bond donors (Lipinski definition) is 0. The van der Waals surface area contributed by atoms with Crippen LogP contribution in [-0.4, -0.2) is 21.1 Å². The molecule has 4 aromatic rings. The molecule has 1 heterocycles. The Morgan fingerprint density at radius 1 is 0.938 bits per heavy atom. The van der Waals surface area contributed by atoms with Crippen molar-refractivity contribution in [3.63, 3.8) is 0 Å². The van der Waals surface area contributed by atoms with Gasteiger partial charge in [0.1, 0.15) is 0 Å². The van der Waals surface area contributed by atoms with Crippen molar-refractivity contribution in [2.45, 2.75) is 30.7 Å². The van der Waals surface area contributed by atoms with Gasteiger partial charge in [-0.1, -0.05) is 72.4 Å². The molecule has 0 atom stereocenters. The third-order valence-electron chi connectivity index (χ3n) is 5.10. The number of halogens is 3. The van der Waals surface area contributed by atoms with Crippen molar-refractivity contribution in [2.24, 2.45) is 0 Å². The zero-order valence-electron chi connectivity index (χ0n) is 17.2. The van der Waals surface area contributed by atoms with Crippen LogP contribution in [0.1, 0.15) is 34.3 Å². The monoisotopic (exact) mass is 454 g/mol. The first-order valence-corrected chi connectivity index (χ1v) is 11.2. The summed E-state index contributed by atoms with van der Waals surface area (Å²) in [6.45, 7) is 0.508. The van der Waals surface area contributed by atoms with Crippen LogP contribution in [0.15, 0.2) is 84.0 Å². The second-order valence-electron chi connectivity index (χ2n) is 7.41. The van der Waals surface area contributed by atoms with Crippen LogP contribution in [0.2, 0.25) is 0 Å². The van der Waals surface area contributed by atoms with E-state index in [0.717, 1.165) is 17.7 Å². The first-order chi connectivity index (χ1) is 15.4. The number of alkyl halides is 3. The third-order valence-corrected chi connectivity index (χ3v) is 6.16. The van der Waals surface area contributed by atoms with Gasteiger partial charge in [0.15, 0.2) is 10.9 Å². The Balaban J connectivity index is 1.53. The van der Waals surface area contributed by atoms with E-state index < -0.39 is 11.7 Å². The Morgan fingerprint density at radius 2 is 1.62 bits per heavy atom. The highest BCUT2D eigenvalue weighted by atomic mass is 32.2. The Bertz CT molecular complexity index is 1200. The molecule has 32 heavy (non-hydrogen) atoms. The van der Waals surface area contributed by atoms with Gasteiger partial charge < -0.3 is 4.57 Å². The second-order valence-corrected chi connectivity index (χ2v) is 8.47. The Labute approximate surface area is 188 Å². The fourth-order valence-electron chi connectivity index (χ4n) is 3.48. The molecule has 0 aliphatic rings. The lowest BCUT2D eigenvalue weighted by atomic mass is 10.1. The summed E-state index contributed by atoms with van der Waals surface area (Å²) >= 11 is 1.46. The maximum atomic E-state index is 13.2. The number of thioether (sulfide) groups is 1. The van der Waals surface area contributed by atoms with Crippen molar-refractivity contribution in [3.8, 4) is 0 Å². The van der Waals surface area contributed by atoms with E-state index in [9.17, 15) is 18.0 Å². The van der Waals surface area contributed by atoms with Gasteiger partial charge in [0.05, 0.1) is 23.1 Å². The van der Waals surface area contributed by atoms with Gasteiger partial charge in [-0.2, -0.15) is 13.2 Å². The van der Waals surface area contributed by atoms with Crippen molar-refractivity contribution in [1.29, 1.82) is 0 Å². The number of ketones is 1. The van der Waals surface area contributed by atoms with Crippen LogP contribution in [0.5, 0.6) is 0 Å². The zero-order chi connectivity index (χ0) is 22.6. The first kappa shape index (κ1) is 22.1. The molecule has 0 saturated carbocycles. The molecular weight excluding hydrogens is 433 g/mol. The largest absolute Gasteiger partial charge is 0.416 e. The summed E-state index contributed by atoms with van der Waals surface area (Å²) in [6.07, 6.45) is -3.35. The fraction of sp³-hybridized carbons (Fsp3) is 0.200. The number of hydrogen-bond acceptors (Lipinski definition) is 3. The highest BCUT2D eigenvalue weighted by Crippen LogP contribution is 2.33. The average molecular weight is 455 g/mol. The summed E-state index contributed by atoms with van der Waals surface area (Å²) < 4.78 is 41.4. The predicted molar refractivity (Wildman–Crippen MR) is 121 cm³/mol. The standard InChI is InChI=1S/C25H21F3N2OS/c26-25(27,28)20-13-14-22-21(16-20)29-24(30(22)17-18-8-3-1-4-9-18)32-15-7-12-23(31)19-10-5-2-6-11-19/h1-6,8-11,13-14,16H,7,12,15,17H2. The van der Waals surface area contributed by atoms with E-state index >= 15 is 0 Å². The number of nitrogens with zero attached hydrogens (tertiary/aromatic N) is 2. The van der Waals surface area contributed by atoms with E-state index in [-0.39, 0.29) is 5.78 Å². The van der Waals surface area contributed by atoms with Gasteiger partial charge in [0.25, 0.3) is 0 Å². The lowest BCUT2D eigenvalue weighted by Crippen LogP contribution is -2.05.